The maximum Gasteiger partial charge on any atom is 0.324 e. The molecule has 8 nitrogen and oxygen atoms in total. The average Bonchev–Trinajstić information content (AvgIpc) is 3.32. The lowest BCUT2D eigenvalue weighted by molar-refractivity contribution is -0.124. The van der Waals surface area contributed by atoms with E-state index >= 15 is 0 Å². The number of guanidine groups is 1. The van der Waals surface area contributed by atoms with E-state index in [0.717, 1.165) is 18.7 Å². The summed E-state index contributed by atoms with van der Waals surface area (Å²) < 4.78 is 0. The van der Waals surface area contributed by atoms with Crippen molar-refractivity contribution in [3.63, 3.8) is 0 Å². The minimum atomic E-state index is -0.331. The number of amides is 3. The highest BCUT2D eigenvalue weighted by Crippen LogP contribution is 2.13. The van der Waals surface area contributed by atoms with Crippen molar-refractivity contribution in [2.75, 3.05) is 39.3 Å². The highest BCUT2D eigenvalue weighted by molar-refractivity contribution is 6.01. The summed E-state index contributed by atoms with van der Waals surface area (Å²) in [5.74, 6) is 0.485. The fourth-order valence-electron chi connectivity index (χ4n) is 3.43. The van der Waals surface area contributed by atoms with Crippen molar-refractivity contribution in [1.82, 2.24) is 25.8 Å². The zero-order valence-electron chi connectivity index (χ0n) is 16.5. The maximum atomic E-state index is 11.6. The minimum Gasteiger partial charge on any atom is -0.357 e. The molecule has 1 aromatic carbocycles. The van der Waals surface area contributed by atoms with Gasteiger partial charge in [0.25, 0.3) is 0 Å². The van der Waals surface area contributed by atoms with Crippen LogP contribution in [-0.2, 0) is 17.9 Å². The van der Waals surface area contributed by atoms with Crippen LogP contribution >= 0.6 is 0 Å². The Kier molecular flexibility index (Phi) is 7.25. The Balaban J connectivity index is 1.47. The Morgan fingerprint density at radius 3 is 2.46 bits per heavy atom. The van der Waals surface area contributed by atoms with Crippen LogP contribution in [0.1, 0.15) is 30.9 Å². The lowest BCUT2D eigenvalue weighted by Crippen LogP contribution is -2.43. The zero-order chi connectivity index (χ0) is 19.8. The van der Waals surface area contributed by atoms with Crippen molar-refractivity contribution in [1.29, 1.82) is 0 Å². The van der Waals surface area contributed by atoms with E-state index in [-0.39, 0.29) is 18.5 Å². The first-order valence-corrected chi connectivity index (χ1v) is 10.1. The number of urea groups is 1. The first-order valence-electron chi connectivity index (χ1n) is 10.1. The quantitative estimate of drug-likeness (QED) is 0.351. The number of hydrogen-bond acceptors (Lipinski definition) is 4. The second-order valence-corrected chi connectivity index (χ2v) is 7.13. The average molecular weight is 387 g/mol. The molecule has 152 valence electrons. The smallest absolute Gasteiger partial charge is 0.324 e. The van der Waals surface area contributed by atoms with Gasteiger partial charge in [0.1, 0.15) is 0 Å². The van der Waals surface area contributed by atoms with E-state index in [2.05, 4.69) is 50.1 Å². The molecule has 2 aliphatic rings. The van der Waals surface area contributed by atoms with Gasteiger partial charge >= 0.3 is 6.03 Å². The van der Waals surface area contributed by atoms with Gasteiger partial charge in [-0.05, 0) is 44.0 Å². The number of nitrogens with zero attached hydrogens (tertiary/aromatic N) is 3. The molecule has 3 amide bonds. The highest BCUT2D eigenvalue weighted by Gasteiger charge is 2.27. The summed E-state index contributed by atoms with van der Waals surface area (Å²) in [7, 11) is 0. The molecule has 2 heterocycles. The number of rotatable bonds is 8. The monoisotopic (exact) mass is 386 g/mol. The van der Waals surface area contributed by atoms with Crippen LogP contribution < -0.4 is 16.0 Å². The van der Waals surface area contributed by atoms with Crippen LogP contribution in [0.25, 0.3) is 0 Å². The zero-order valence-corrected chi connectivity index (χ0v) is 16.5. The first kappa shape index (κ1) is 20.1. The predicted octanol–water partition coefficient (Wildman–Crippen LogP) is 0.889. The van der Waals surface area contributed by atoms with E-state index in [1.807, 2.05) is 6.92 Å². The van der Waals surface area contributed by atoms with E-state index in [4.69, 9.17) is 0 Å². The molecular weight excluding hydrogens is 356 g/mol. The van der Waals surface area contributed by atoms with Crippen molar-refractivity contribution in [2.45, 2.75) is 32.9 Å². The number of nitrogens with one attached hydrogen (secondary N) is 3. The molecule has 3 rings (SSSR count). The van der Waals surface area contributed by atoms with Gasteiger partial charge in [-0.2, -0.15) is 0 Å². The summed E-state index contributed by atoms with van der Waals surface area (Å²) in [6.45, 7) is 7.61. The second kappa shape index (κ2) is 10.1. The fraction of sp³-hybridized carbons (Fsp3) is 0.550. The van der Waals surface area contributed by atoms with E-state index in [0.29, 0.717) is 25.6 Å². The van der Waals surface area contributed by atoms with Crippen LogP contribution in [0, 0.1) is 0 Å². The maximum absolute atomic E-state index is 11.6. The number of carbonyl (C=O) groups is 2. The van der Waals surface area contributed by atoms with E-state index < -0.39 is 0 Å². The fourth-order valence-corrected chi connectivity index (χ4v) is 3.43. The second-order valence-electron chi connectivity index (χ2n) is 7.13. The van der Waals surface area contributed by atoms with Gasteiger partial charge in [0.2, 0.25) is 5.91 Å². The van der Waals surface area contributed by atoms with Gasteiger partial charge in [-0.1, -0.05) is 24.3 Å². The molecular formula is C20H30N6O2. The third-order valence-corrected chi connectivity index (χ3v) is 4.96. The van der Waals surface area contributed by atoms with E-state index in [1.165, 1.54) is 36.4 Å². The van der Waals surface area contributed by atoms with E-state index in [1.54, 1.807) is 0 Å². The minimum absolute atomic E-state index is 0.0841. The lowest BCUT2D eigenvalue weighted by atomic mass is 10.1. The molecule has 3 N–H and O–H groups in total. The predicted molar refractivity (Wildman–Crippen MR) is 109 cm³/mol. The van der Waals surface area contributed by atoms with Crippen LogP contribution in [-0.4, -0.2) is 67.0 Å². The van der Waals surface area contributed by atoms with Gasteiger partial charge in [0, 0.05) is 26.2 Å². The molecule has 8 heteroatoms. The lowest BCUT2D eigenvalue weighted by Gasteiger charge is -2.15. The molecule has 1 aromatic rings. The third-order valence-electron chi connectivity index (χ3n) is 4.96. The number of carbonyl (C=O) groups excluding carboxylic acids is 2. The van der Waals surface area contributed by atoms with Gasteiger partial charge in [-0.25, -0.2) is 9.79 Å². The van der Waals surface area contributed by atoms with Crippen LogP contribution in [0.2, 0.25) is 0 Å². The number of imide groups is 1. The van der Waals surface area contributed by atoms with Crippen LogP contribution in [0.15, 0.2) is 29.3 Å². The molecule has 0 saturated carbocycles. The number of likely N-dealkylation sites (tertiary alicyclic amines) is 1. The summed E-state index contributed by atoms with van der Waals surface area (Å²) in [6, 6.07) is 8.29. The molecule has 0 aliphatic carbocycles. The SMILES string of the molecule is CCNC(=NCc1ccc(CN2CCCC2)cc1)NCCN1C(=O)CNC1=O. The van der Waals surface area contributed by atoms with Gasteiger partial charge < -0.3 is 16.0 Å². The van der Waals surface area contributed by atoms with Gasteiger partial charge in [-0.15, -0.1) is 0 Å². The molecule has 0 spiro atoms. The first-order chi connectivity index (χ1) is 13.7. The number of benzene rings is 1. The van der Waals surface area contributed by atoms with Crippen molar-refractivity contribution >= 4 is 17.9 Å². The highest BCUT2D eigenvalue weighted by atomic mass is 16.2. The summed E-state index contributed by atoms with van der Waals surface area (Å²) >= 11 is 0. The third kappa shape index (κ3) is 5.69. The molecule has 0 radical (unpaired) electrons. The molecule has 2 saturated heterocycles. The molecule has 0 aromatic heterocycles. The van der Waals surface area contributed by atoms with Crippen molar-refractivity contribution < 1.29 is 9.59 Å². The Bertz CT molecular complexity index is 681. The topological polar surface area (TPSA) is 89.1 Å². The van der Waals surface area contributed by atoms with Crippen LogP contribution in [0.5, 0.6) is 0 Å². The van der Waals surface area contributed by atoms with Crippen molar-refractivity contribution in [3.05, 3.63) is 35.4 Å². The van der Waals surface area contributed by atoms with Gasteiger partial charge in [0.15, 0.2) is 5.96 Å². The number of hydrogen-bond donors (Lipinski definition) is 3. The van der Waals surface area contributed by atoms with Crippen LogP contribution in [0.3, 0.4) is 0 Å². The number of aliphatic imine (C=N–C) groups is 1. The van der Waals surface area contributed by atoms with Gasteiger partial charge in [-0.3, -0.25) is 14.6 Å². The Morgan fingerprint density at radius 1 is 1.11 bits per heavy atom. The Hall–Kier alpha value is -2.61. The molecule has 2 aliphatic heterocycles. The standard InChI is InChI=1S/C20H30N6O2/c1-2-21-19(22-9-12-26-18(27)14-24-20(26)28)23-13-16-5-7-17(8-6-16)15-25-10-3-4-11-25/h5-8H,2-4,9-15H2,1H3,(H,24,28)(H2,21,22,23). The molecule has 28 heavy (non-hydrogen) atoms. The summed E-state index contributed by atoms with van der Waals surface area (Å²) in [5, 5.41) is 8.88. The molecule has 0 atom stereocenters. The summed E-state index contributed by atoms with van der Waals surface area (Å²) in [5.41, 5.74) is 2.49. The van der Waals surface area contributed by atoms with Gasteiger partial charge in [0.05, 0.1) is 13.1 Å². The van der Waals surface area contributed by atoms with Crippen molar-refractivity contribution in [2.24, 2.45) is 4.99 Å². The Morgan fingerprint density at radius 2 is 1.82 bits per heavy atom. The molecule has 0 unspecified atom stereocenters. The largest absolute Gasteiger partial charge is 0.357 e. The summed E-state index contributed by atoms with van der Waals surface area (Å²) in [6.07, 6.45) is 2.62. The van der Waals surface area contributed by atoms with Crippen LogP contribution in [0.4, 0.5) is 4.79 Å². The Labute approximate surface area is 166 Å². The van der Waals surface area contributed by atoms with E-state index in [9.17, 15) is 9.59 Å². The molecule has 0 bridgehead atoms. The normalized spacial score (nSPS) is 17.9. The summed E-state index contributed by atoms with van der Waals surface area (Å²) in [4.78, 5) is 31.5. The molecule has 2 fully saturated rings. The van der Waals surface area contributed by atoms with Crippen molar-refractivity contribution in [3.8, 4) is 0 Å².